The van der Waals surface area contributed by atoms with E-state index < -0.39 is 6.10 Å². The van der Waals surface area contributed by atoms with E-state index in [1.165, 1.54) is 5.39 Å². The number of hydrogen-bond donors (Lipinski definition) is 1. The van der Waals surface area contributed by atoms with Gasteiger partial charge in [-0.2, -0.15) is 5.10 Å². The van der Waals surface area contributed by atoms with Crippen molar-refractivity contribution in [3.05, 3.63) is 76.8 Å². The molecule has 0 aromatic heterocycles. The van der Waals surface area contributed by atoms with E-state index in [0.717, 1.165) is 15.4 Å². The molecule has 0 bridgehead atoms. The second-order valence-corrected chi connectivity index (χ2v) is 6.47. The summed E-state index contributed by atoms with van der Waals surface area (Å²) in [6, 6.07) is 21.4. The molecule has 3 aromatic carbocycles. The number of amides is 1. The molecule has 0 saturated carbocycles. The third kappa shape index (κ3) is 4.67. The number of nitrogens with zero attached hydrogens (tertiary/aromatic N) is 1. The first-order chi connectivity index (χ1) is 12.1. The van der Waals surface area contributed by atoms with E-state index in [2.05, 4.69) is 32.5 Å². The van der Waals surface area contributed by atoms with Crippen LogP contribution in [0, 0.1) is 0 Å². The van der Waals surface area contributed by atoms with E-state index in [0.29, 0.717) is 5.75 Å². The van der Waals surface area contributed by atoms with Crippen LogP contribution in [0.2, 0.25) is 0 Å². The number of carbonyl (C=O) groups excluding carboxylic acids is 1. The SMILES string of the molecule is CC(Oc1ccc(Br)cc1)C(=O)N/N=C/c1ccc2ccccc2c1. The number of hydrazone groups is 1. The predicted octanol–water partition coefficient (Wildman–Crippen LogP) is 4.52. The third-order valence-electron chi connectivity index (χ3n) is 3.66. The maximum Gasteiger partial charge on any atom is 0.280 e. The van der Waals surface area contributed by atoms with E-state index >= 15 is 0 Å². The molecule has 0 aliphatic heterocycles. The van der Waals surface area contributed by atoms with Crippen LogP contribution in [0.25, 0.3) is 10.8 Å². The molecule has 0 spiro atoms. The lowest BCUT2D eigenvalue weighted by molar-refractivity contribution is -0.127. The zero-order chi connectivity index (χ0) is 17.6. The molecule has 5 heteroatoms. The van der Waals surface area contributed by atoms with Gasteiger partial charge in [0.05, 0.1) is 6.21 Å². The lowest BCUT2D eigenvalue weighted by atomic mass is 10.1. The second kappa shape index (κ2) is 7.94. The fraction of sp³-hybridized carbons (Fsp3) is 0.100. The summed E-state index contributed by atoms with van der Waals surface area (Å²) < 4.78 is 6.54. The van der Waals surface area contributed by atoms with Gasteiger partial charge in [-0.1, -0.05) is 52.3 Å². The second-order valence-electron chi connectivity index (χ2n) is 5.55. The highest BCUT2D eigenvalue weighted by molar-refractivity contribution is 9.10. The summed E-state index contributed by atoms with van der Waals surface area (Å²) in [6.07, 6.45) is 0.978. The van der Waals surface area contributed by atoms with E-state index in [4.69, 9.17) is 4.74 Å². The largest absolute Gasteiger partial charge is 0.481 e. The molecule has 1 N–H and O–H groups in total. The average Bonchev–Trinajstić information content (AvgIpc) is 2.63. The summed E-state index contributed by atoms with van der Waals surface area (Å²) in [7, 11) is 0. The summed E-state index contributed by atoms with van der Waals surface area (Å²) in [5.74, 6) is 0.323. The van der Waals surface area contributed by atoms with Crippen molar-refractivity contribution in [3.63, 3.8) is 0 Å². The van der Waals surface area contributed by atoms with E-state index in [1.54, 1.807) is 25.3 Å². The minimum Gasteiger partial charge on any atom is -0.481 e. The summed E-state index contributed by atoms with van der Waals surface area (Å²) in [5, 5.41) is 6.31. The number of rotatable bonds is 5. The zero-order valence-electron chi connectivity index (χ0n) is 13.6. The van der Waals surface area contributed by atoms with Crippen molar-refractivity contribution in [3.8, 4) is 5.75 Å². The minimum atomic E-state index is -0.644. The van der Waals surface area contributed by atoms with Gasteiger partial charge in [0.15, 0.2) is 6.10 Å². The van der Waals surface area contributed by atoms with Crippen molar-refractivity contribution in [2.45, 2.75) is 13.0 Å². The molecule has 0 heterocycles. The predicted molar refractivity (Wildman–Crippen MR) is 104 cm³/mol. The summed E-state index contributed by atoms with van der Waals surface area (Å²) in [6.45, 7) is 1.68. The van der Waals surface area contributed by atoms with Gasteiger partial charge in [-0.25, -0.2) is 5.43 Å². The summed E-state index contributed by atoms with van der Waals surface area (Å²) in [5.41, 5.74) is 3.42. The first kappa shape index (κ1) is 17.2. The Bertz CT molecular complexity index is 907. The van der Waals surface area contributed by atoms with Crippen molar-refractivity contribution in [1.82, 2.24) is 5.43 Å². The maximum atomic E-state index is 12.1. The Morgan fingerprint density at radius 2 is 1.80 bits per heavy atom. The molecule has 4 nitrogen and oxygen atoms in total. The molecule has 0 aliphatic carbocycles. The molecule has 0 aliphatic rings. The Balaban J connectivity index is 1.58. The van der Waals surface area contributed by atoms with Gasteiger partial charge >= 0.3 is 0 Å². The van der Waals surface area contributed by atoms with Gasteiger partial charge in [0.2, 0.25) is 0 Å². The van der Waals surface area contributed by atoms with E-state index in [9.17, 15) is 4.79 Å². The van der Waals surface area contributed by atoms with E-state index in [1.807, 2.05) is 48.5 Å². The Morgan fingerprint density at radius 3 is 2.56 bits per heavy atom. The van der Waals surface area contributed by atoms with Crippen molar-refractivity contribution in [2.75, 3.05) is 0 Å². The van der Waals surface area contributed by atoms with Gasteiger partial charge in [0.1, 0.15) is 5.75 Å². The van der Waals surface area contributed by atoms with Gasteiger partial charge in [-0.15, -0.1) is 0 Å². The van der Waals surface area contributed by atoms with Crippen molar-refractivity contribution in [1.29, 1.82) is 0 Å². The van der Waals surface area contributed by atoms with Crippen molar-refractivity contribution < 1.29 is 9.53 Å². The first-order valence-electron chi connectivity index (χ1n) is 7.86. The van der Waals surface area contributed by atoms with Crippen LogP contribution in [0.5, 0.6) is 5.75 Å². The number of ether oxygens (including phenoxy) is 1. The number of fused-ring (bicyclic) bond motifs is 1. The third-order valence-corrected chi connectivity index (χ3v) is 4.19. The smallest absolute Gasteiger partial charge is 0.280 e. The molecule has 1 atom stereocenters. The van der Waals surface area contributed by atoms with Crippen LogP contribution >= 0.6 is 15.9 Å². The molecule has 3 rings (SSSR count). The number of halogens is 1. The molecule has 3 aromatic rings. The van der Waals surface area contributed by atoms with Crippen molar-refractivity contribution >= 4 is 38.8 Å². The summed E-state index contributed by atoms with van der Waals surface area (Å²) >= 11 is 3.36. The number of hydrogen-bond acceptors (Lipinski definition) is 3. The van der Waals surface area contributed by atoms with Crippen LogP contribution in [0.4, 0.5) is 0 Å². The van der Waals surface area contributed by atoms with Crippen LogP contribution in [0.1, 0.15) is 12.5 Å². The highest BCUT2D eigenvalue weighted by Crippen LogP contribution is 2.17. The fourth-order valence-electron chi connectivity index (χ4n) is 2.32. The molecule has 0 saturated heterocycles. The first-order valence-corrected chi connectivity index (χ1v) is 8.65. The quantitative estimate of drug-likeness (QED) is 0.509. The molecule has 126 valence electrons. The van der Waals surface area contributed by atoms with Crippen LogP contribution in [0.3, 0.4) is 0 Å². The van der Waals surface area contributed by atoms with Gasteiger partial charge in [0, 0.05) is 4.47 Å². The Labute approximate surface area is 154 Å². The zero-order valence-corrected chi connectivity index (χ0v) is 15.2. The van der Waals surface area contributed by atoms with Gasteiger partial charge in [0.25, 0.3) is 5.91 Å². The van der Waals surface area contributed by atoms with Gasteiger partial charge < -0.3 is 4.74 Å². The van der Waals surface area contributed by atoms with Gasteiger partial charge in [-0.05, 0) is 53.6 Å². The Morgan fingerprint density at radius 1 is 1.08 bits per heavy atom. The van der Waals surface area contributed by atoms with Gasteiger partial charge in [-0.3, -0.25) is 4.79 Å². The lowest BCUT2D eigenvalue weighted by Gasteiger charge is -2.12. The van der Waals surface area contributed by atoms with Crippen LogP contribution < -0.4 is 10.2 Å². The number of nitrogens with one attached hydrogen (secondary N) is 1. The Hall–Kier alpha value is -2.66. The number of benzene rings is 3. The maximum absolute atomic E-state index is 12.1. The normalized spacial score (nSPS) is 12.2. The van der Waals surface area contributed by atoms with E-state index in [-0.39, 0.29) is 5.91 Å². The number of carbonyl (C=O) groups is 1. The molecule has 1 amide bonds. The minimum absolute atomic E-state index is 0.306. The fourth-order valence-corrected chi connectivity index (χ4v) is 2.58. The Kier molecular flexibility index (Phi) is 5.46. The summed E-state index contributed by atoms with van der Waals surface area (Å²) in [4.78, 5) is 12.1. The van der Waals surface area contributed by atoms with Crippen LogP contribution in [-0.2, 0) is 4.79 Å². The molecular weight excluding hydrogens is 380 g/mol. The molecule has 1 unspecified atom stereocenters. The molecule has 0 fully saturated rings. The molecule has 0 radical (unpaired) electrons. The lowest BCUT2D eigenvalue weighted by Crippen LogP contribution is -2.33. The van der Waals surface area contributed by atoms with Crippen LogP contribution in [-0.4, -0.2) is 18.2 Å². The highest BCUT2D eigenvalue weighted by atomic mass is 79.9. The van der Waals surface area contributed by atoms with Crippen molar-refractivity contribution in [2.24, 2.45) is 5.10 Å². The highest BCUT2D eigenvalue weighted by Gasteiger charge is 2.13. The molecule has 25 heavy (non-hydrogen) atoms. The average molecular weight is 397 g/mol. The standard InChI is InChI=1S/C20H17BrN2O2/c1-14(25-19-10-8-18(21)9-11-19)20(24)23-22-13-15-6-7-16-4-2-3-5-17(16)12-15/h2-14H,1H3,(H,23,24)/b22-13+. The topological polar surface area (TPSA) is 50.7 Å². The molecular formula is C20H17BrN2O2. The monoisotopic (exact) mass is 396 g/mol. The van der Waals surface area contributed by atoms with Crippen LogP contribution in [0.15, 0.2) is 76.3 Å².